The van der Waals surface area contributed by atoms with Crippen LogP contribution in [0.15, 0.2) is 36.4 Å². The van der Waals surface area contributed by atoms with Gasteiger partial charge in [-0.3, -0.25) is 0 Å². The van der Waals surface area contributed by atoms with Crippen molar-refractivity contribution in [3.05, 3.63) is 53.5 Å². The van der Waals surface area contributed by atoms with E-state index in [1.54, 1.807) is 12.1 Å². The van der Waals surface area contributed by atoms with Crippen molar-refractivity contribution < 1.29 is 9.13 Å². The summed E-state index contributed by atoms with van der Waals surface area (Å²) in [6, 6.07) is 11.7. The molecule has 0 bridgehead atoms. The summed E-state index contributed by atoms with van der Waals surface area (Å²) in [5.74, 6) is 1.05. The van der Waals surface area contributed by atoms with Crippen molar-refractivity contribution in [2.75, 3.05) is 18.5 Å². The lowest BCUT2D eigenvalue weighted by Gasteiger charge is -2.08. The Bertz CT molecular complexity index is 635. The Kier molecular flexibility index (Phi) is 5.10. The zero-order chi connectivity index (χ0) is 15.1. The number of aryl methyl sites for hydroxylation is 1. The monoisotopic (exact) mass is 285 g/mol. The molecule has 1 heterocycles. The average Bonchev–Trinajstić information content (AvgIpc) is 2.50. The van der Waals surface area contributed by atoms with Crippen molar-refractivity contribution >= 4 is 5.82 Å². The van der Waals surface area contributed by atoms with Crippen LogP contribution in [-0.4, -0.2) is 18.1 Å². The predicted molar refractivity (Wildman–Crippen MR) is 78.7 cm³/mol. The fourth-order valence-electron chi connectivity index (χ4n) is 1.75. The molecule has 1 N–H and O–H groups in total. The Labute approximate surface area is 123 Å². The number of anilines is 1. The Balaban J connectivity index is 1.72. The minimum Gasteiger partial charge on any atom is -0.494 e. The lowest BCUT2D eigenvalue weighted by molar-refractivity contribution is 0.314. The number of halogens is 1. The second-order valence-electron chi connectivity index (χ2n) is 4.56. The summed E-state index contributed by atoms with van der Waals surface area (Å²) in [5.41, 5.74) is 1.30. The van der Waals surface area contributed by atoms with Crippen LogP contribution in [0.3, 0.4) is 0 Å². The van der Waals surface area contributed by atoms with Crippen LogP contribution in [0.4, 0.5) is 10.2 Å². The van der Waals surface area contributed by atoms with E-state index in [0.717, 1.165) is 12.0 Å². The van der Waals surface area contributed by atoms with Crippen LogP contribution in [0.1, 0.15) is 17.7 Å². The quantitative estimate of drug-likeness (QED) is 0.827. The van der Waals surface area contributed by atoms with Crippen LogP contribution < -0.4 is 10.1 Å². The molecule has 2 rings (SSSR count). The Morgan fingerprint density at radius 2 is 2.00 bits per heavy atom. The second kappa shape index (κ2) is 7.25. The molecule has 0 saturated heterocycles. The maximum atomic E-state index is 12.7. The van der Waals surface area contributed by atoms with Crippen LogP contribution >= 0.6 is 0 Å². The molecule has 21 heavy (non-hydrogen) atoms. The van der Waals surface area contributed by atoms with E-state index in [2.05, 4.69) is 16.4 Å². The Morgan fingerprint density at radius 3 is 2.71 bits per heavy atom. The van der Waals surface area contributed by atoms with Crippen molar-refractivity contribution in [2.45, 2.75) is 13.3 Å². The molecular formula is C16H16FN3O. The number of benzene rings is 1. The van der Waals surface area contributed by atoms with Gasteiger partial charge in [-0.2, -0.15) is 5.26 Å². The van der Waals surface area contributed by atoms with Gasteiger partial charge in [0.1, 0.15) is 29.1 Å². The van der Waals surface area contributed by atoms with Gasteiger partial charge < -0.3 is 10.1 Å². The number of nitriles is 1. The van der Waals surface area contributed by atoms with E-state index in [4.69, 9.17) is 10.00 Å². The minimum absolute atomic E-state index is 0.275. The van der Waals surface area contributed by atoms with E-state index in [9.17, 15) is 4.39 Å². The summed E-state index contributed by atoms with van der Waals surface area (Å²) in [6.07, 6.45) is 0.773. The fraction of sp³-hybridized carbons (Fsp3) is 0.250. The summed E-state index contributed by atoms with van der Waals surface area (Å²) >= 11 is 0. The molecule has 0 saturated carbocycles. The maximum absolute atomic E-state index is 12.7. The van der Waals surface area contributed by atoms with E-state index < -0.39 is 0 Å². The van der Waals surface area contributed by atoms with E-state index in [1.807, 2.05) is 19.1 Å². The number of hydrogen-bond donors (Lipinski definition) is 1. The first-order valence-electron chi connectivity index (χ1n) is 6.69. The van der Waals surface area contributed by atoms with Gasteiger partial charge in [0.05, 0.1) is 6.61 Å². The molecule has 4 nitrogen and oxygen atoms in total. The van der Waals surface area contributed by atoms with Crippen LogP contribution in [0.25, 0.3) is 0 Å². The highest BCUT2D eigenvalue weighted by molar-refractivity contribution is 5.42. The lowest BCUT2D eigenvalue weighted by atomic mass is 10.2. The molecule has 0 atom stereocenters. The highest BCUT2D eigenvalue weighted by Gasteiger charge is 2.01. The van der Waals surface area contributed by atoms with Crippen molar-refractivity contribution in [1.82, 2.24) is 4.98 Å². The highest BCUT2D eigenvalue weighted by atomic mass is 19.1. The molecular weight excluding hydrogens is 269 g/mol. The standard InChI is InChI=1S/C16H16FN3O/c1-12-3-8-16(20-15(12)11-18)19-9-2-10-21-14-6-4-13(17)5-7-14/h3-8H,2,9-10H2,1H3,(H,19,20). The lowest BCUT2D eigenvalue weighted by Crippen LogP contribution is -2.08. The largest absolute Gasteiger partial charge is 0.494 e. The van der Waals surface area contributed by atoms with E-state index in [1.165, 1.54) is 12.1 Å². The predicted octanol–water partition coefficient (Wildman–Crippen LogP) is 3.28. The van der Waals surface area contributed by atoms with Crippen molar-refractivity contribution in [3.63, 3.8) is 0 Å². The van der Waals surface area contributed by atoms with Gasteiger partial charge in [-0.15, -0.1) is 0 Å². The van der Waals surface area contributed by atoms with Crippen LogP contribution in [0.5, 0.6) is 5.75 Å². The molecule has 0 aliphatic rings. The third-order valence-corrected chi connectivity index (χ3v) is 2.91. The number of nitrogens with one attached hydrogen (secondary N) is 1. The summed E-state index contributed by atoms with van der Waals surface area (Å²) in [4.78, 5) is 4.20. The second-order valence-corrected chi connectivity index (χ2v) is 4.56. The first-order chi connectivity index (χ1) is 10.2. The Hall–Kier alpha value is -2.61. The van der Waals surface area contributed by atoms with Crippen LogP contribution in [0, 0.1) is 24.1 Å². The maximum Gasteiger partial charge on any atom is 0.145 e. The zero-order valence-corrected chi connectivity index (χ0v) is 11.8. The van der Waals surface area contributed by atoms with Gasteiger partial charge >= 0.3 is 0 Å². The Morgan fingerprint density at radius 1 is 1.24 bits per heavy atom. The fourth-order valence-corrected chi connectivity index (χ4v) is 1.75. The van der Waals surface area contributed by atoms with Gasteiger partial charge in [-0.05, 0) is 49.2 Å². The molecule has 1 aromatic carbocycles. The third kappa shape index (κ3) is 4.46. The summed E-state index contributed by atoms with van der Waals surface area (Å²) in [7, 11) is 0. The average molecular weight is 285 g/mol. The van der Waals surface area contributed by atoms with E-state index in [0.29, 0.717) is 30.4 Å². The number of ether oxygens (including phenoxy) is 1. The molecule has 0 aliphatic carbocycles. The summed E-state index contributed by atoms with van der Waals surface area (Å²) in [6.45, 7) is 3.06. The molecule has 0 radical (unpaired) electrons. The molecule has 5 heteroatoms. The van der Waals surface area contributed by atoms with Gasteiger partial charge in [0.15, 0.2) is 0 Å². The van der Waals surface area contributed by atoms with Gasteiger partial charge in [0.2, 0.25) is 0 Å². The SMILES string of the molecule is Cc1ccc(NCCCOc2ccc(F)cc2)nc1C#N. The van der Waals surface area contributed by atoms with E-state index >= 15 is 0 Å². The van der Waals surface area contributed by atoms with E-state index in [-0.39, 0.29) is 5.82 Å². The first kappa shape index (κ1) is 14.8. The van der Waals surface area contributed by atoms with Gasteiger partial charge in [0.25, 0.3) is 0 Å². The van der Waals surface area contributed by atoms with Crippen molar-refractivity contribution in [3.8, 4) is 11.8 Å². The van der Waals surface area contributed by atoms with Crippen LogP contribution in [-0.2, 0) is 0 Å². The smallest absolute Gasteiger partial charge is 0.145 e. The van der Waals surface area contributed by atoms with Gasteiger partial charge in [-0.25, -0.2) is 9.37 Å². The molecule has 2 aromatic rings. The number of rotatable bonds is 6. The topological polar surface area (TPSA) is 57.9 Å². The molecule has 1 aromatic heterocycles. The van der Waals surface area contributed by atoms with Gasteiger partial charge in [-0.1, -0.05) is 6.07 Å². The van der Waals surface area contributed by atoms with Gasteiger partial charge in [0, 0.05) is 6.54 Å². The number of nitrogens with zero attached hydrogens (tertiary/aromatic N) is 2. The molecule has 0 unspecified atom stereocenters. The van der Waals surface area contributed by atoms with Crippen molar-refractivity contribution in [1.29, 1.82) is 5.26 Å². The molecule has 108 valence electrons. The number of pyridine rings is 1. The van der Waals surface area contributed by atoms with Crippen LogP contribution in [0.2, 0.25) is 0 Å². The summed E-state index contributed by atoms with van der Waals surface area (Å²) in [5, 5.41) is 12.1. The normalized spacial score (nSPS) is 9.95. The summed E-state index contributed by atoms with van der Waals surface area (Å²) < 4.78 is 18.2. The molecule has 0 amide bonds. The third-order valence-electron chi connectivity index (χ3n) is 2.91. The molecule has 0 fully saturated rings. The number of aromatic nitrogens is 1. The highest BCUT2D eigenvalue weighted by Crippen LogP contribution is 2.12. The molecule has 0 aliphatic heterocycles. The van der Waals surface area contributed by atoms with Crippen molar-refractivity contribution in [2.24, 2.45) is 0 Å². The zero-order valence-electron chi connectivity index (χ0n) is 11.8. The number of hydrogen-bond acceptors (Lipinski definition) is 4. The minimum atomic E-state index is -0.275. The molecule has 0 spiro atoms. The first-order valence-corrected chi connectivity index (χ1v) is 6.69.